The second-order valence-electron chi connectivity index (χ2n) is 6.67. The number of nitrogens with zero attached hydrogens (tertiary/aromatic N) is 1. The highest BCUT2D eigenvalue weighted by atomic mass is 35.5. The lowest BCUT2D eigenvalue weighted by atomic mass is 9.75. The van der Waals surface area contributed by atoms with Crippen LogP contribution in [0.15, 0.2) is 24.3 Å². The van der Waals surface area contributed by atoms with Gasteiger partial charge in [0.2, 0.25) is 5.91 Å². The average molecular weight is 353 g/mol. The maximum atomic E-state index is 13.3. The van der Waals surface area contributed by atoms with E-state index in [1.165, 1.54) is 0 Å². The summed E-state index contributed by atoms with van der Waals surface area (Å²) in [6, 6.07) is 7.39. The van der Waals surface area contributed by atoms with Crippen molar-refractivity contribution in [3.63, 3.8) is 0 Å². The third kappa shape index (κ3) is 4.50. The number of amides is 1. The van der Waals surface area contributed by atoms with Crippen LogP contribution in [-0.2, 0) is 4.79 Å². The third-order valence-corrected chi connectivity index (χ3v) is 5.00. The molecule has 4 nitrogen and oxygen atoms in total. The smallest absolute Gasteiger partial charge is 0.233 e. The van der Waals surface area contributed by atoms with E-state index in [1.807, 2.05) is 36.9 Å². The van der Waals surface area contributed by atoms with Crippen molar-refractivity contribution < 1.29 is 9.90 Å². The van der Waals surface area contributed by atoms with Gasteiger partial charge < -0.3 is 15.3 Å². The Balaban J connectivity index is 2.41. The van der Waals surface area contributed by atoms with Gasteiger partial charge in [0, 0.05) is 31.2 Å². The van der Waals surface area contributed by atoms with E-state index >= 15 is 0 Å². The molecule has 0 saturated carbocycles. The molecule has 5 heteroatoms. The fraction of sp³-hybridized carbons (Fsp3) is 0.632. The van der Waals surface area contributed by atoms with Crippen LogP contribution in [0.25, 0.3) is 0 Å². The molecule has 0 aliphatic carbocycles. The van der Waals surface area contributed by atoms with Gasteiger partial charge in [-0.3, -0.25) is 4.79 Å². The van der Waals surface area contributed by atoms with E-state index in [-0.39, 0.29) is 5.91 Å². The fourth-order valence-corrected chi connectivity index (χ4v) is 3.91. The van der Waals surface area contributed by atoms with Crippen molar-refractivity contribution in [1.82, 2.24) is 10.2 Å². The zero-order valence-electron chi connectivity index (χ0n) is 14.7. The summed E-state index contributed by atoms with van der Waals surface area (Å²) in [6.45, 7) is 7.06. The largest absolute Gasteiger partial charge is 0.389 e. The minimum atomic E-state index is -1.03. The van der Waals surface area contributed by atoms with Crippen LogP contribution in [0.4, 0.5) is 0 Å². The van der Waals surface area contributed by atoms with Gasteiger partial charge in [0.05, 0.1) is 11.5 Å². The zero-order chi connectivity index (χ0) is 17.6. The number of nitrogens with one attached hydrogen (secondary N) is 1. The standard InChI is InChI=1S/C19H29ClN2O2/c1-3-8-19(24,9-4-2)17(15-6-5-7-16(20)14-15)18(23)22-12-10-21-11-13-22/h5-7,14,17,21,24H,3-4,8-13H2,1-2H3. The van der Waals surface area contributed by atoms with Gasteiger partial charge in [-0.1, -0.05) is 50.4 Å². The fourth-order valence-electron chi connectivity index (χ4n) is 3.72. The van der Waals surface area contributed by atoms with E-state index in [4.69, 9.17) is 11.6 Å². The molecule has 2 rings (SSSR count). The molecule has 0 spiro atoms. The number of aliphatic hydroxyl groups is 1. The molecular weight excluding hydrogens is 324 g/mol. The molecule has 0 bridgehead atoms. The first-order chi connectivity index (χ1) is 11.5. The summed E-state index contributed by atoms with van der Waals surface area (Å²) in [7, 11) is 0. The molecular formula is C19H29ClN2O2. The Bertz CT molecular complexity index is 538. The van der Waals surface area contributed by atoms with Crippen LogP contribution in [0.1, 0.15) is 51.0 Å². The maximum Gasteiger partial charge on any atom is 0.233 e. The van der Waals surface area contributed by atoms with Crippen LogP contribution in [0.2, 0.25) is 5.02 Å². The Kier molecular flexibility index (Phi) is 7.08. The van der Waals surface area contributed by atoms with Gasteiger partial charge in [0.15, 0.2) is 0 Å². The highest BCUT2D eigenvalue weighted by Gasteiger charge is 2.43. The number of carbonyl (C=O) groups excluding carboxylic acids is 1. The predicted octanol–water partition coefficient (Wildman–Crippen LogP) is 3.19. The first-order valence-electron chi connectivity index (χ1n) is 8.99. The Labute approximate surface area is 150 Å². The van der Waals surface area contributed by atoms with Crippen LogP contribution in [0.3, 0.4) is 0 Å². The Morgan fingerprint density at radius 2 is 1.92 bits per heavy atom. The summed E-state index contributed by atoms with van der Waals surface area (Å²) in [6.07, 6.45) is 2.89. The lowest BCUT2D eigenvalue weighted by Gasteiger charge is -2.39. The molecule has 2 N–H and O–H groups in total. The van der Waals surface area contributed by atoms with Gasteiger partial charge in [-0.15, -0.1) is 0 Å². The van der Waals surface area contributed by atoms with Gasteiger partial charge >= 0.3 is 0 Å². The van der Waals surface area contributed by atoms with Crippen LogP contribution < -0.4 is 5.32 Å². The minimum Gasteiger partial charge on any atom is -0.389 e. The summed E-state index contributed by atoms with van der Waals surface area (Å²) >= 11 is 6.17. The summed E-state index contributed by atoms with van der Waals surface area (Å²) in [5, 5.41) is 15.3. The molecule has 24 heavy (non-hydrogen) atoms. The first-order valence-corrected chi connectivity index (χ1v) is 9.37. The highest BCUT2D eigenvalue weighted by molar-refractivity contribution is 6.30. The molecule has 1 saturated heterocycles. The van der Waals surface area contributed by atoms with Crippen LogP contribution in [0.5, 0.6) is 0 Å². The maximum absolute atomic E-state index is 13.3. The minimum absolute atomic E-state index is 0.0168. The summed E-state index contributed by atoms with van der Waals surface area (Å²) in [5.41, 5.74) is -0.216. The Morgan fingerprint density at radius 3 is 2.46 bits per heavy atom. The normalized spacial score (nSPS) is 16.9. The van der Waals surface area contributed by atoms with E-state index < -0.39 is 11.5 Å². The predicted molar refractivity (Wildman–Crippen MR) is 98.4 cm³/mol. The van der Waals surface area contributed by atoms with Crippen molar-refractivity contribution in [3.8, 4) is 0 Å². The van der Waals surface area contributed by atoms with Gasteiger partial charge in [0.25, 0.3) is 0 Å². The summed E-state index contributed by atoms with van der Waals surface area (Å²) < 4.78 is 0. The molecule has 0 aromatic heterocycles. The lowest BCUT2D eigenvalue weighted by molar-refractivity contribution is -0.141. The number of halogens is 1. The van der Waals surface area contributed by atoms with Crippen molar-refractivity contribution >= 4 is 17.5 Å². The molecule has 0 radical (unpaired) electrons. The molecule has 1 fully saturated rings. The third-order valence-electron chi connectivity index (χ3n) is 4.76. The van der Waals surface area contributed by atoms with E-state index in [9.17, 15) is 9.90 Å². The second-order valence-corrected chi connectivity index (χ2v) is 7.10. The van der Waals surface area contributed by atoms with E-state index in [1.54, 1.807) is 6.07 Å². The number of hydrogen-bond acceptors (Lipinski definition) is 3. The highest BCUT2D eigenvalue weighted by Crippen LogP contribution is 2.38. The first kappa shape index (κ1) is 19.2. The van der Waals surface area contributed by atoms with Crippen molar-refractivity contribution in [2.75, 3.05) is 26.2 Å². The quantitative estimate of drug-likeness (QED) is 0.792. The number of rotatable bonds is 7. The van der Waals surface area contributed by atoms with Gasteiger partial charge in [-0.05, 0) is 30.5 Å². The monoisotopic (exact) mass is 352 g/mol. The van der Waals surface area contributed by atoms with Crippen LogP contribution in [0, 0.1) is 0 Å². The number of carbonyl (C=O) groups is 1. The summed E-state index contributed by atoms with van der Waals surface area (Å²) in [4.78, 5) is 15.2. The zero-order valence-corrected chi connectivity index (χ0v) is 15.5. The topological polar surface area (TPSA) is 52.6 Å². The summed E-state index contributed by atoms with van der Waals surface area (Å²) in [5.74, 6) is -0.544. The van der Waals surface area contributed by atoms with Gasteiger partial charge in [-0.2, -0.15) is 0 Å². The van der Waals surface area contributed by atoms with Gasteiger partial charge in [0.1, 0.15) is 0 Å². The van der Waals surface area contributed by atoms with E-state index in [2.05, 4.69) is 5.32 Å². The molecule has 1 aromatic carbocycles. The molecule has 1 heterocycles. The molecule has 1 unspecified atom stereocenters. The van der Waals surface area contributed by atoms with Gasteiger partial charge in [-0.25, -0.2) is 0 Å². The molecule has 134 valence electrons. The van der Waals surface area contributed by atoms with Crippen LogP contribution in [-0.4, -0.2) is 47.7 Å². The number of hydrogen-bond donors (Lipinski definition) is 2. The molecule has 1 aromatic rings. The number of piperazine rings is 1. The van der Waals surface area contributed by atoms with E-state index in [0.717, 1.165) is 31.5 Å². The van der Waals surface area contributed by atoms with Crippen molar-refractivity contribution in [1.29, 1.82) is 0 Å². The Morgan fingerprint density at radius 1 is 1.29 bits per heavy atom. The van der Waals surface area contributed by atoms with Crippen molar-refractivity contribution in [2.24, 2.45) is 0 Å². The van der Waals surface area contributed by atoms with Crippen molar-refractivity contribution in [3.05, 3.63) is 34.9 Å². The SMILES string of the molecule is CCCC(O)(CCC)C(C(=O)N1CCNCC1)c1cccc(Cl)c1. The van der Waals surface area contributed by atoms with Crippen molar-refractivity contribution in [2.45, 2.75) is 51.0 Å². The molecule has 1 atom stereocenters. The van der Waals surface area contributed by atoms with E-state index in [0.29, 0.717) is 31.0 Å². The lowest BCUT2D eigenvalue weighted by Crippen LogP contribution is -2.52. The molecule has 1 aliphatic heterocycles. The van der Waals surface area contributed by atoms with Crippen LogP contribution >= 0.6 is 11.6 Å². The number of benzene rings is 1. The molecule has 1 aliphatic rings. The average Bonchev–Trinajstić information content (AvgIpc) is 2.56. The second kappa shape index (κ2) is 8.84. The molecule has 1 amide bonds. The Hall–Kier alpha value is -1.10.